The summed E-state index contributed by atoms with van der Waals surface area (Å²) in [5.74, 6) is 0. The predicted octanol–water partition coefficient (Wildman–Crippen LogP) is 6.11. The maximum Gasteiger partial charge on any atom is 0.170 e. The fraction of sp³-hybridized carbons (Fsp3) is 0.429. The van der Waals surface area contributed by atoms with Crippen molar-refractivity contribution in [2.75, 3.05) is 24.5 Å². The van der Waals surface area contributed by atoms with Gasteiger partial charge in [0.15, 0.2) is 5.11 Å². The Morgan fingerprint density at radius 3 is 2.38 bits per heavy atom. The summed E-state index contributed by atoms with van der Waals surface area (Å²) in [6, 6.07) is 17.5. The highest BCUT2D eigenvalue weighted by Gasteiger charge is 2.41. The molecule has 34 heavy (non-hydrogen) atoms. The zero-order chi connectivity index (χ0) is 24.2. The van der Waals surface area contributed by atoms with Gasteiger partial charge in [0.25, 0.3) is 0 Å². The quantitative estimate of drug-likeness (QED) is 0.378. The zero-order valence-electron chi connectivity index (χ0n) is 21.1. The van der Waals surface area contributed by atoms with Crippen LogP contribution in [0.2, 0.25) is 0 Å². The molecule has 4 rings (SSSR count). The van der Waals surface area contributed by atoms with Crippen LogP contribution in [0.25, 0.3) is 5.69 Å². The molecule has 1 fully saturated rings. The van der Waals surface area contributed by atoms with E-state index in [-0.39, 0.29) is 12.1 Å². The van der Waals surface area contributed by atoms with E-state index in [1.165, 1.54) is 28.3 Å². The van der Waals surface area contributed by atoms with Crippen molar-refractivity contribution >= 4 is 23.0 Å². The Kier molecular flexibility index (Phi) is 7.57. The van der Waals surface area contributed by atoms with Crippen molar-refractivity contribution < 1.29 is 0 Å². The Bertz CT molecular complexity index is 1100. The molecule has 0 bridgehead atoms. The van der Waals surface area contributed by atoms with Crippen LogP contribution in [0.1, 0.15) is 68.3 Å². The molecule has 0 radical (unpaired) electrons. The van der Waals surface area contributed by atoms with E-state index in [9.17, 15) is 0 Å². The van der Waals surface area contributed by atoms with Crippen molar-refractivity contribution in [2.45, 2.75) is 59.5 Å². The summed E-state index contributed by atoms with van der Waals surface area (Å²) in [6.45, 7) is 14.0. The van der Waals surface area contributed by atoms with Crippen molar-refractivity contribution in [3.8, 4) is 5.69 Å². The summed E-state index contributed by atoms with van der Waals surface area (Å²) < 4.78 is 2.37. The van der Waals surface area contributed by atoms with Gasteiger partial charge in [-0.05, 0) is 94.4 Å². The van der Waals surface area contributed by atoms with E-state index in [1.807, 2.05) is 12.3 Å². The first-order chi connectivity index (χ1) is 16.5. The number of nitrogens with one attached hydrogen (secondary N) is 1. The number of thiocarbonyl (C=S) groups is 1. The number of hydrogen-bond donors (Lipinski definition) is 1. The summed E-state index contributed by atoms with van der Waals surface area (Å²) in [4.78, 5) is 9.43. The van der Waals surface area contributed by atoms with Gasteiger partial charge in [0.1, 0.15) is 0 Å². The Labute approximate surface area is 209 Å². The zero-order valence-corrected chi connectivity index (χ0v) is 21.9. The lowest BCUT2D eigenvalue weighted by Gasteiger charge is -2.28. The number of anilines is 1. The Hall–Kier alpha value is -2.86. The molecule has 1 aliphatic rings. The highest BCUT2D eigenvalue weighted by molar-refractivity contribution is 7.80. The number of pyridine rings is 1. The normalized spacial score (nSPS) is 17.8. The lowest BCUT2D eigenvalue weighted by atomic mass is 9.96. The van der Waals surface area contributed by atoms with Crippen LogP contribution < -0.4 is 10.2 Å². The smallest absolute Gasteiger partial charge is 0.170 e. The third-order valence-electron chi connectivity index (χ3n) is 6.98. The fourth-order valence-electron chi connectivity index (χ4n) is 5.20. The van der Waals surface area contributed by atoms with E-state index in [4.69, 9.17) is 12.2 Å². The number of aromatic nitrogens is 2. The number of nitrogens with zero attached hydrogens (tertiary/aromatic N) is 4. The SMILES string of the molecule is CCCCN1C(=S)N[C@@H](c2ccccn2)[C@H]1c1cc(C)n(-c2ccc(N(CC)CC)cc2)c1C. The molecular formula is C28H37N5S. The summed E-state index contributed by atoms with van der Waals surface area (Å²) >= 11 is 5.82. The Morgan fingerprint density at radius 1 is 1.03 bits per heavy atom. The van der Waals surface area contributed by atoms with Gasteiger partial charge in [-0.1, -0.05) is 19.4 Å². The van der Waals surface area contributed by atoms with E-state index in [0.717, 1.165) is 43.3 Å². The van der Waals surface area contributed by atoms with Crippen molar-refractivity contribution in [1.82, 2.24) is 19.8 Å². The Balaban J connectivity index is 1.75. The second kappa shape index (κ2) is 10.6. The van der Waals surface area contributed by atoms with Crippen LogP contribution in [-0.2, 0) is 0 Å². The van der Waals surface area contributed by atoms with E-state index in [0.29, 0.717) is 0 Å². The third-order valence-corrected chi connectivity index (χ3v) is 7.33. The van der Waals surface area contributed by atoms with Gasteiger partial charge in [-0.3, -0.25) is 4.98 Å². The maximum atomic E-state index is 5.82. The maximum absolute atomic E-state index is 5.82. The van der Waals surface area contributed by atoms with Gasteiger partial charge >= 0.3 is 0 Å². The second-order valence-corrected chi connectivity index (χ2v) is 9.41. The molecule has 2 atom stereocenters. The summed E-state index contributed by atoms with van der Waals surface area (Å²) in [7, 11) is 0. The van der Waals surface area contributed by atoms with Crippen LogP contribution in [0.5, 0.6) is 0 Å². The highest BCUT2D eigenvalue weighted by Crippen LogP contribution is 2.41. The number of unbranched alkanes of at least 4 members (excludes halogenated alkanes) is 1. The topological polar surface area (TPSA) is 36.3 Å². The first-order valence-electron chi connectivity index (χ1n) is 12.5. The molecule has 5 nitrogen and oxygen atoms in total. The number of benzene rings is 1. The minimum atomic E-state index is 0.0320. The van der Waals surface area contributed by atoms with Crippen LogP contribution in [0.4, 0.5) is 5.69 Å². The lowest BCUT2D eigenvalue weighted by Crippen LogP contribution is -2.30. The van der Waals surface area contributed by atoms with E-state index in [1.54, 1.807) is 0 Å². The van der Waals surface area contributed by atoms with Gasteiger partial charge in [-0.25, -0.2) is 0 Å². The van der Waals surface area contributed by atoms with E-state index >= 15 is 0 Å². The minimum Gasteiger partial charge on any atom is -0.372 e. The summed E-state index contributed by atoms with van der Waals surface area (Å²) in [5.41, 5.74) is 7.29. The molecule has 0 aliphatic carbocycles. The van der Waals surface area contributed by atoms with Crippen LogP contribution in [0.15, 0.2) is 54.7 Å². The first kappa shape index (κ1) is 24.3. The van der Waals surface area contributed by atoms with Crippen LogP contribution >= 0.6 is 12.2 Å². The monoisotopic (exact) mass is 475 g/mol. The molecule has 1 N–H and O–H groups in total. The number of hydrogen-bond acceptors (Lipinski definition) is 3. The fourth-order valence-corrected chi connectivity index (χ4v) is 5.53. The van der Waals surface area contributed by atoms with Crippen LogP contribution in [0.3, 0.4) is 0 Å². The van der Waals surface area contributed by atoms with Crippen molar-refractivity contribution in [3.05, 3.63) is 77.4 Å². The lowest BCUT2D eigenvalue weighted by molar-refractivity contribution is 0.312. The number of aryl methyl sites for hydroxylation is 1. The van der Waals surface area contributed by atoms with Gasteiger partial charge in [0, 0.05) is 48.6 Å². The minimum absolute atomic E-state index is 0.0320. The molecule has 2 aromatic heterocycles. The van der Waals surface area contributed by atoms with Gasteiger partial charge in [-0.2, -0.15) is 0 Å². The summed E-state index contributed by atoms with van der Waals surface area (Å²) in [6.07, 6.45) is 4.11. The van der Waals surface area contributed by atoms with Gasteiger partial charge in [-0.15, -0.1) is 0 Å². The van der Waals surface area contributed by atoms with Gasteiger partial charge in [0.05, 0.1) is 17.8 Å². The van der Waals surface area contributed by atoms with Gasteiger partial charge < -0.3 is 19.7 Å². The standard InChI is InChI=1S/C28H37N5S/c1-6-9-18-32-27(26(30-28(32)34)25-12-10-11-17-29-25)24-19-20(4)33(21(24)5)23-15-13-22(14-16-23)31(7-2)8-3/h10-17,19,26-27H,6-9,18H2,1-5H3,(H,30,34)/t26-,27+/m0/s1. The molecule has 0 unspecified atom stereocenters. The van der Waals surface area contributed by atoms with E-state index < -0.39 is 0 Å². The molecule has 180 valence electrons. The van der Waals surface area contributed by atoms with Gasteiger partial charge in [0.2, 0.25) is 0 Å². The molecule has 1 saturated heterocycles. The average Bonchev–Trinajstić information content (AvgIpc) is 3.34. The van der Waals surface area contributed by atoms with Crippen LogP contribution in [0, 0.1) is 13.8 Å². The molecule has 0 spiro atoms. The van der Waals surface area contributed by atoms with Crippen molar-refractivity contribution in [3.63, 3.8) is 0 Å². The average molecular weight is 476 g/mol. The molecule has 0 saturated carbocycles. The number of rotatable bonds is 9. The van der Waals surface area contributed by atoms with E-state index in [2.05, 4.69) is 102 Å². The molecule has 3 heterocycles. The third kappa shape index (κ3) is 4.56. The van der Waals surface area contributed by atoms with Crippen LogP contribution in [-0.4, -0.2) is 39.2 Å². The first-order valence-corrected chi connectivity index (χ1v) is 12.9. The largest absolute Gasteiger partial charge is 0.372 e. The van der Waals surface area contributed by atoms with Crippen molar-refractivity contribution in [1.29, 1.82) is 0 Å². The summed E-state index contributed by atoms with van der Waals surface area (Å²) in [5, 5.41) is 4.41. The molecule has 1 aromatic carbocycles. The molecular weight excluding hydrogens is 438 g/mol. The second-order valence-electron chi connectivity index (χ2n) is 9.02. The molecule has 6 heteroatoms. The molecule has 1 aliphatic heterocycles. The van der Waals surface area contributed by atoms with Crippen molar-refractivity contribution in [2.24, 2.45) is 0 Å². The predicted molar refractivity (Wildman–Crippen MR) is 146 cm³/mol. The molecule has 3 aromatic rings. The molecule has 0 amide bonds. The highest BCUT2D eigenvalue weighted by atomic mass is 32.1. The Morgan fingerprint density at radius 2 is 1.76 bits per heavy atom.